The average molecular weight is 470 g/mol. The fraction of sp³-hybridized carbons (Fsp3) is 0.370. The number of rotatable bonds is 9. The Kier molecular flexibility index (Phi) is 7.53. The normalized spacial score (nSPS) is 14.9. The van der Waals surface area contributed by atoms with Crippen LogP contribution in [-0.2, 0) is 19.4 Å². The molecule has 0 bridgehead atoms. The van der Waals surface area contributed by atoms with E-state index in [2.05, 4.69) is 24.2 Å². The Morgan fingerprint density at radius 1 is 1.03 bits per heavy atom. The quantitative estimate of drug-likeness (QED) is 0.323. The summed E-state index contributed by atoms with van der Waals surface area (Å²) in [5.41, 5.74) is 4.22. The van der Waals surface area contributed by atoms with Crippen LogP contribution >= 0.6 is 11.8 Å². The SMILES string of the molecule is CSCCCOc1cc(C)c(-c2ccc(F)c(COc3ccc4c(c3)CC(C)C4)c2F)cn1. The van der Waals surface area contributed by atoms with Crippen molar-refractivity contribution in [2.45, 2.75) is 39.7 Å². The lowest BCUT2D eigenvalue weighted by Crippen LogP contribution is -2.05. The van der Waals surface area contributed by atoms with Gasteiger partial charge < -0.3 is 9.47 Å². The molecule has 1 aliphatic carbocycles. The molecule has 1 atom stereocenters. The monoisotopic (exact) mass is 469 g/mol. The van der Waals surface area contributed by atoms with Crippen molar-refractivity contribution < 1.29 is 18.3 Å². The number of hydrogen-bond donors (Lipinski definition) is 0. The minimum Gasteiger partial charge on any atom is -0.489 e. The van der Waals surface area contributed by atoms with Crippen molar-refractivity contribution in [1.82, 2.24) is 4.98 Å². The molecular formula is C27H29F2NO2S. The number of benzene rings is 2. The van der Waals surface area contributed by atoms with Crippen LogP contribution in [0.3, 0.4) is 0 Å². The zero-order valence-corrected chi connectivity index (χ0v) is 20.1. The lowest BCUT2D eigenvalue weighted by molar-refractivity contribution is 0.292. The number of nitrogens with zero attached hydrogens (tertiary/aromatic N) is 1. The smallest absolute Gasteiger partial charge is 0.213 e. The average Bonchev–Trinajstić information content (AvgIpc) is 3.17. The number of halogens is 2. The molecule has 0 N–H and O–H groups in total. The number of pyridine rings is 1. The molecule has 0 aliphatic heterocycles. The maximum Gasteiger partial charge on any atom is 0.213 e. The van der Waals surface area contributed by atoms with Crippen LogP contribution < -0.4 is 9.47 Å². The number of aromatic nitrogens is 1. The first kappa shape index (κ1) is 23.6. The largest absolute Gasteiger partial charge is 0.489 e. The molecule has 1 unspecified atom stereocenters. The van der Waals surface area contributed by atoms with E-state index in [1.165, 1.54) is 23.3 Å². The third-order valence-corrected chi connectivity index (χ3v) is 6.70. The van der Waals surface area contributed by atoms with Crippen molar-refractivity contribution in [2.24, 2.45) is 5.92 Å². The summed E-state index contributed by atoms with van der Waals surface area (Å²) in [5.74, 6) is 1.54. The van der Waals surface area contributed by atoms with E-state index >= 15 is 4.39 Å². The lowest BCUT2D eigenvalue weighted by atomic mass is 9.99. The standard InChI is InChI=1S/C27H29F2NO2S/c1-17-11-19-5-6-21(14-20(19)12-17)32-16-24-25(28)8-7-22(27(24)29)23-15-30-26(13-18(23)2)31-9-4-10-33-3/h5-8,13-15,17H,4,9-12,16H2,1-3H3. The second-order valence-electron chi connectivity index (χ2n) is 8.65. The van der Waals surface area contributed by atoms with Gasteiger partial charge in [-0.15, -0.1) is 0 Å². The molecule has 6 heteroatoms. The van der Waals surface area contributed by atoms with Crippen LogP contribution in [0, 0.1) is 24.5 Å². The van der Waals surface area contributed by atoms with E-state index in [-0.39, 0.29) is 12.2 Å². The third kappa shape index (κ3) is 5.49. The highest BCUT2D eigenvalue weighted by Crippen LogP contribution is 2.32. The molecule has 3 nitrogen and oxygen atoms in total. The second kappa shape index (κ2) is 10.6. The lowest BCUT2D eigenvalue weighted by Gasteiger charge is -2.14. The van der Waals surface area contributed by atoms with E-state index in [1.807, 2.05) is 19.1 Å². The summed E-state index contributed by atoms with van der Waals surface area (Å²) < 4.78 is 41.4. The first-order chi connectivity index (χ1) is 16.0. The van der Waals surface area contributed by atoms with Gasteiger partial charge in [-0.25, -0.2) is 13.8 Å². The number of aryl methyl sites for hydroxylation is 1. The zero-order chi connectivity index (χ0) is 23.4. The van der Waals surface area contributed by atoms with Crippen LogP contribution in [0.1, 0.15) is 35.6 Å². The van der Waals surface area contributed by atoms with Crippen molar-refractivity contribution in [3.05, 3.63) is 76.5 Å². The van der Waals surface area contributed by atoms with E-state index in [0.29, 0.717) is 35.3 Å². The molecule has 1 aliphatic rings. The van der Waals surface area contributed by atoms with Crippen LogP contribution in [0.5, 0.6) is 11.6 Å². The van der Waals surface area contributed by atoms with Crippen LogP contribution in [0.2, 0.25) is 0 Å². The number of thioether (sulfide) groups is 1. The van der Waals surface area contributed by atoms with Crippen molar-refractivity contribution in [2.75, 3.05) is 18.6 Å². The van der Waals surface area contributed by atoms with Gasteiger partial charge in [-0.3, -0.25) is 0 Å². The predicted molar refractivity (Wildman–Crippen MR) is 130 cm³/mol. The van der Waals surface area contributed by atoms with Gasteiger partial charge >= 0.3 is 0 Å². The molecule has 0 amide bonds. The summed E-state index contributed by atoms with van der Waals surface area (Å²) in [6.07, 6.45) is 6.65. The Labute approximate surface area is 198 Å². The van der Waals surface area contributed by atoms with Gasteiger partial charge in [0, 0.05) is 23.4 Å². The van der Waals surface area contributed by atoms with Crippen LogP contribution in [0.15, 0.2) is 42.6 Å². The summed E-state index contributed by atoms with van der Waals surface area (Å²) in [6.45, 7) is 4.50. The summed E-state index contributed by atoms with van der Waals surface area (Å²) in [7, 11) is 0. The van der Waals surface area contributed by atoms with Crippen LogP contribution in [-0.4, -0.2) is 23.6 Å². The van der Waals surface area contributed by atoms with E-state index < -0.39 is 11.6 Å². The third-order valence-electron chi connectivity index (χ3n) is 6.00. The van der Waals surface area contributed by atoms with Crippen LogP contribution in [0.4, 0.5) is 8.78 Å². The number of fused-ring (bicyclic) bond motifs is 1. The number of ether oxygens (including phenoxy) is 2. The van der Waals surface area contributed by atoms with E-state index in [1.54, 1.807) is 24.0 Å². The van der Waals surface area contributed by atoms with Crippen molar-refractivity contribution >= 4 is 11.8 Å². The molecule has 1 heterocycles. The second-order valence-corrected chi connectivity index (χ2v) is 9.64. The molecule has 4 rings (SSSR count). The fourth-order valence-corrected chi connectivity index (χ4v) is 4.68. The van der Waals surface area contributed by atoms with E-state index in [9.17, 15) is 4.39 Å². The van der Waals surface area contributed by atoms with Crippen molar-refractivity contribution in [3.63, 3.8) is 0 Å². The molecule has 3 aromatic rings. The van der Waals surface area contributed by atoms with Gasteiger partial charge in [-0.05, 0) is 85.1 Å². The van der Waals surface area contributed by atoms with Gasteiger partial charge in [0.1, 0.15) is 24.0 Å². The Hall–Kier alpha value is -2.60. The van der Waals surface area contributed by atoms with Gasteiger partial charge in [-0.2, -0.15) is 11.8 Å². The fourth-order valence-electron chi connectivity index (χ4n) is 4.27. The van der Waals surface area contributed by atoms with E-state index in [0.717, 1.165) is 30.6 Å². The molecule has 0 fully saturated rings. The Morgan fingerprint density at radius 2 is 1.85 bits per heavy atom. The maximum atomic E-state index is 15.4. The van der Waals surface area contributed by atoms with Gasteiger partial charge in [0.25, 0.3) is 0 Å². The summed E-state index contributed by atoms with van der Waals surface area (Å²) in [6, 6.07) is 10.4. The minimum absolute atomic E-state index is 0.0850. The summed E-state index contributed by atoms with van der Waals surface area (Å²) in [5, 5.41) is 0. The first-order valence-corrected chi connectivity index (χ1v) is 12.7. The molecular weight excluding hydrogens is 440 g/mol. The molecule has 0 radical (unpaired) electrons. The van der Waals surface area contributed by atoms with Crippen molar-refractivity contribution in [3.8, 4) is 22.8 Å². The molecule has 33 heavy (non-hydrogen) atoms. The zero-order valence-electron chi connectivity index (χ0n) is 19.3. The molecule has 2 aromatic carbocycles. The predicted octanol–water partition coefficient (Wildman–Crippen LogP) is 6.78. The molecule has 0 spiro atoms. The summed E-state index contributed by atoms with van der Waals surface area (Å²) in [4.78, 5) is 4.32. The first-order valence-electron chi connectivity index (χ1n) is 11.3. The maximum absolute atomic E-state index is 15.4. The van der Waals surface area contributed by atoms with E-state index in [4.69, 9.17) is 9.47 Å². The Morgan fingerprint density at radius 3 is 2.64 bits per heavy atom. The van der Waals surface area contributed by atoms with Gasteiger partial charge in [0.15, 0.2) is 0 Å². The molecule has 0 saturated heterocycles. The molecule has 174 valence electrons. The number of hydrogen-bond acceptors (Lipinski definition) is 4. The highest BCUT2D eigenvalue weighted by atomic mass is 32.2. The minimum atomic E-state index is -0.622. The highest BCUT2D eigenvalue weighted by molar-refractivity contribution is 7.98. The summed E-state index contributed by atoms with van der Waals surface area (Å²) >= 11 is 1.77. The van der Waals surface area contributed by atoms with Gasteiger partial charge in [-0.1, -0.05) is 13.0 Å². The van der Waals surface area contributed by atoms with Gasteiger partial charge in [0.2, 0.25) is 5.88 Å². The van der Waals surface area contributed by atoms with Crippen LogP contribution in [0.25, 0.3) is 11.1 Å². The topological polar surface area (TPSA) is 31.4 Å². The Bertz CT molecular complexity index is 1140. The molecule has 1 aromatic heterocycles. The molecule has 0 saturated carbocycles. The Balaban J connectivity index is 1.51. The highest BCUT2D eigenvalue weighted by Gasteiger charge is 2.20. The van der Waals surface area contributed by atoms with Crippen molar-refractivity contribution in [1.29, 1.82) is 0 Å². The van der Waals surface area contributed by atoms with Gasteiger partial charge in [0.05, 0.1) is 12.2 Å².